The Morgan fingerprint density at radius 1 is 1.10 bits per heavy atom. The van der Waals surface area contributed by atoms with Crippen LogP contribution in [0.5, 0.6) is 0 Å². The van der Waals surface area contributed by atoms with Crippen molar-refractivity contribution in [1.29, 1.82) is 0 Å². The van der Waals surface area contributed by atoms with Crippen LogP contribution in [0.4, 0.5) is 14.5 Å². The number of hydrogen-bond acceptors (Lipinski definition) is 6. The Morgan fingerprint density at radius 3 is 2.77 bits per heavy atom. The number of halogens is 2. The molecule has 31 heavy (non-hydrogen) atoms. The molecule has 7 nitrogen and oxygen atoms in total. The van der Waals surface area contributed by atoms with Crippen LogP contribution < -0.4 is 5.32 Å². The smallest absolute Gasteiger partial charge is 0.234 e. The molecule has 1 N–H and O–H groups in total. The maximum absolute atomic E-state index is 13.8. The number of anilines is 1. The summed E-state index contributed by atoms with van der Waals surface area (Å²) in [5.74, 6) is -1.08. The summed E-state index contributed by atoms with van der Waals surface area (Å²) >= 11 is 1.11. The molecule has 2 aromatic carbocycles. The van der Waals surface area contributed by atoms with E-state index in [9.17, 15) is 13.6 Å². The number of rotatable bonds is 5. The fourth-order valence-electron chi connectivity index (χ4n) is 3.13. The third kappa shape index (κ3) is 3.61. The third-order valence-electron chi connectivity index (χ3n) is 4.50. The van der Waals surface area contributed by atoms with Crippen molar-refractivity contribution in [2.45, 2.75) is 5.16 Å². The van der Waals surface area contributed by atoms with E-state index >= 15 is 0 Å². The van der Waals surface area contributed by atoms with Gasteiger partial charge in [-0.3, -0.25) is 9.20 Å². The van der Waals surface area contributed by atoms with Gasteiger partial charge in [0.2, 0.25) is 5.91 Å². The number of hydrogen-bond donors (Lipinski definition) is 1. The van der Waals surface area contributed by atoms with Gasteiger partial charge in [-0.15, -0.1) is 10.2 Å². The summed E-state index contributed by atoms with van der Waals surface area (Å²) in [4.78, 5) is 17.0. The molecule has 154 valence electrons. The van der Waals surface area contributed by atoms with Gasteiger partial charge < -0.3 is 9.73 Å². The monoisotopic (exact) mass is 437 g/mol. The van der Waals surface area contributed by atoms with Crippen molar-refractivity contribution < 1.29 is 18.0 Å². The fraction of sp³-hybridized carbons (Fsp3) is 0.0476. The molecule has 5 aromatic rings. The van der Waals surface area contributed by atoms with E-state index in [0.717, 1.165) is 28.7 Å². The molecule has 0 aliphatic carbocycles. The summed E-state index contributed by atoms with van der Waals surface area (Å²) in [7, 11) is 0. The maximum atomic E-state index is 13.8. The van der Waals surface area contributed by atoms with Crippen LogP contribution in [0.25, 0.3) is 28.1 Å². The summed E-state index contributed by atoms with van der Waals surface area (Å²) in [5.41, 5.74) is 1.21. The molecule has 0 aliphatic heterocycles. The highest BCUT2D eigenvalue weighted by Crippen LogP contribution is 2.29. The standard InChI is InChI=1S/C21H13F2N5O2S/c22-12-7-8-16(14(23)10-12)24-18(29)11-31-21-27-26-19-13-4-1-2-5-15(13)25-20(28(19)21)17-6-3-9-30-17/h1-10H,11H2,(H,24,29). The lowest BCUT2D eigenvalue weighted by Gasteiger charge is -2.08. The van der Waals surface area contributed by atoms with Crippen LogP contribution in [0.15, 0.2) is 70.4 Å². The fourth-order valence-corrected chi connectivity index (χ4v) is 3.86. The van der Waals surface area contributed by atoms with E-state index in [1.54, 1.807) is 22.8 Å². The normalized spacial score (nSPS) is 11.3. The van der Waals surface area contributed by atoms with Crippen molar-refractivity contribution in [1.82, 2.24) is 19.6 Å². The molecule has 10 heteroatoms. The van der Waals surface area contributed by atoms with Crippen molar-refractivity contribution in [2.75, 3.05) is 11.1 Å². The molecule has 0 aliphatic rings. The molecule has 1 amide bonds. The van der Waals surface area contributed by atoms with Gasteiger partial charge in [0.15, 0.2) is 22.4 Å². The average Bonchev–Trinajstić information content (AvgIpc) is 3.44. The topological polar surface area (TPSA) is 85.3 Å². The van der Waals surface area contributed by atoms with Crippen LogP contribution in [0.1, 0.15) is 0 Å². The number of furan rings is 1. The molecular formula is C21H13F2N5O2S. The summed E-state index contributed by atoms with van der Waals surface area (Å²) in [5, 5.41) is 12.1. The zero-order valence-electron chi connectivity index (χ0n) is 15.8. The number of nitrogens with zero attached hydrogens (tertiary/aromatic N) is 4. The molecule has 0 bridgehead atoms. The minimum Gasteiger partial charge on any atom is -0.461 e. The van der Waals surface area contributed by atoms with Crippen molar-refractivity contribution in [2.24, 2.45) is 0 Å². The lowest BCUT2D eigenvalue weighted by molar-refractivity contribution is -0.113. The molecule has 0 atom stereocenters. The second kappa shape index (κ2) is 7.80. The van der Waals surface area contributed by atoms with Gasteiger partial charge in [-0.1, -0.05) is 23.9 Å². The minimum atomic E-state index is -0.845. The second-order valence-electron chi connectivity index (χ2n) is 6.53. The number of thioether (sulfide) groups is 1. The quantitative estimate of drug-likeness (QED) is 0.406. The third-order valence-corrected chi connectivity index (χ3v) is 5.42. The van der Waals surface area contributed by atoms with Crippen molar-refractivity contribution in [3.05, 3.63) is 72.5 Å². The van der Waals surface area contributed by atoms with E-state index in [2.05, 4.69) is 20.5 Å². The van der Waals surface area contributed by atoms with Gasteiger partial charge in [-0.2, -0.15) is 0 Å². The molecule has 3 heterocycles. The van der Waals surface area contributed by atoms with Crippen LogP contribution >= 0.6 is 11.8 Å². The molecule has 0 radical (unpaired) electrons. The van der Waals surface area contributed by atoms with Gasteiger partial charge in [0.05, 0.1) is 23.2 Å². The number of carbonyl (C=O) groups is 1. The Morgan fingerprint density at radius 2 is 1.97 bits per heavy atom. The maximum Gasteiger partial charge on any atom is 0.234 e. The summed E-state index contributed by atoms with van der Waals surface area (Å²) in [6.07, 6.45) is 1.54. The first-order valence-electron chi connectivity index (χ1n) is 9.15. The van der Waals surface area contributed by atoms with Gasteiger partial charge >= 0.3 is 0 Å². The summed E-state index contributed by atoms with van der Waals surface area (Å²) in [6.45, 7) is 0. The van der Waals surface area contributed by atoms with Gasteiger partial charge in [0.1, 0.15) is 11.6 Å². The van der Waals surface area contributed by atoms with E-state index in [1.807, 2.05) is 24.3 Å². The first-order chi connectivity index (χ1) is 15.1. The molecule has 0 unspecified atom stereocenters. The van der Waals surface area contributed by atoms with Gasteiger partial charge in [0, 0.05) is 11.5 Å². The van der Waals surface area contributed by atoms with Crippen LogP contribution in [0.3, 0.4) is 0 Å². The Kier molecular flexibility index (Phi) is 4.83. The predicted octanol–water partition coefficient (Wildman–Crippen LogP) is 4.55. The lowest BCUT2D eigenvalue weighted by Crippen LogP contribution is -2.15. The summed E-state index contributed by atoms with van der Waals surface area (Å²) in [6, 6.07) is 14.0. The SMILES string of the molecule is O=C(CSc1nnc2c3ccccc3nc(-c3ccco3)n12)Nc1ccc(F)cc1F. The second-order valence-corrected chi connectivity index (χ2v) is 7.47. The van der Waals surface area contributed by atoms with E-state index in [0.29, 0.717) is 28.5 Å². The lowest BCUT2D eigenvalue weighted by atomic mass is 10.2. The largest absolute Gasteiger partial charge is 0.461 e. The molecule has 0 fully saturated rings. The first-order valence-corrected chi connectivity index (χ1v) is 10.1. The van der Waals surface area contributed by atoms with Crippen molar-refractivity contribution in [3.63, 3.8) is 0 Å². The van der Waals surface area contributed by atoms with Gasteiger partial charge in [-0.05, 0) is 36.4 Å². The van der Waals surface area contributed by atoms with Crippen LogP contribution in [0.2, 0.25) is 0 Å². The van der Waals surface area contributed by atoms with E-state index in [4.69, 9.17) is 4.42 Å². The van der Waals surface area contributed by atoms with Crippen LogP contribution in [-0.4, -0.2) is 31.2 Å². The van der Waals surface area contributed by atoms with Gasteiger partial charge in [-0.25, -0.2) is 13.8 Å². The molecule has 5 rings (SSSR count). The van der Waals surface area contributed by atoms with E-state index < -0.39 is 17.5 Å². The van der Waals surface area contributed by atoms with E-state index in [-0.39, 0.29) is 11.4 Å². The van der Waals surface area contributed by atoms with Crippen molar-refractivity contribution in [3.8, 4) is 11.6 Å². The number of fused-ring (bicyclic) bond motifs is 3. The Balaban J connectivity index is 1.47. The number of aromatic nitrogens is 4. The highest BCUT2D eigenvalue weighted by molar-refractivity contribution is 7.99. The number of benzene rings is 2. The Labute approximate surface area is 178 Å². The highest BCUT2D eigenvalue weighted by atomic mass is 32.2. The molecular weight excluding hydrogens is 424 g/mol. The van der Waals surface area contributed by atoms with Crippen LogP contribution in [0, 0.1) is 11.6 Å². The first kappa shape index (κ1) is 19.2. The van der Waals surface area contributed by atoms with E-state index in [1.165, 1.54) is 6.07 Å². The molecule has 0 saturated carbocycles. The molecule has 3 aromatic heterocycles. The number of carbonyl (C=O) groups excluding carboxylic acids is 1. The number of para-hydroxylation sites is 1. The number of nitrogens with one attached hydrogen (secondary N) is 1. The zero-order valence-corrected chi connectivity index (χ0v) is 16.6. The van der Waals surface area contributed by atoms with Crippen LogP contribution in [-0.2, 0) is 4.79 Å². The highest BCUT2D eigenvalue weighted by Gasteiger charge is 2.19. The zero-order chi connectivity index (χ0) is 21.4. The Hall–Kier alpha value is -3.79. The summed E-state index contributed by atoms with van der Waals surface area (Å²) < 4.78 is 34.1. The number of amides is 1. The molecule has 0 spiro atoms. The average molecular weight is 437 g/mol. The molecule has 0 saturated heterocycles. The van der Waals surface area contributed by atoms with Gasteiger partial charge in [0.25, 0.3) is 0 Å². The predicted molar refractivity (Wildman–Crippen MR) is 112 cm³/mol. The Bertz CT molecular complexity index is 1420. The minimum absolute atomic E-state index is 0.0674. The van der Waals surface area contributed by atoms with Crippen molar-refractivity contribution >= 4 is 39.9 Å².